The van der Waals surface area contributed by atoms with Crippen LogP contribution >= 0.6 is 0 Å². The number of benzene rings is 2. The lowest BCUT2D eigenvalue weighted by Crippen LogP contribution is -2.43. The molecule has 0 atom stereocenters. The van der Waals surface area contributed by atoms with Gasteiger partial charge in [-0.1, -0.05) is 6.07 Å². The fraction of sp³-hybridized carbons (Fsp3) is 0.273. The van der Waals surface area contributed by atoms with E-state index >= 15 is 0 Å². The van der Waals surface area contributed by atoms with Crippen molar-refractivity contribution >= 4 is 23.1 Å². The molecule has 0 fully saturated rings. The Hall–Kier alpha value is -3.08. The van der Waals surface area contributed by atoms with Crippen LogP contribution in [-0.4, -0.2) is 24.3 Å². The summed E-state index contributed by atoms with van der Waals surface area (Å²) in [5.74, 6) is 0.516. The van der Waals surface area contributed by atoms with Crippen LogP contribution in [-0.2, 0) is 11.2 Å². The van der Waals surface area contributed by atoms with E-state index in [0.717, 1.165) is 23.4 Å². The highest BCUT2D eigenvalue weighted by Crippen LogP contribution is 2.32. The van der Waals surface area contributed by atoms with Gasteiger partial charge < -0.3 is 15.4 Å². The first-order valence-electron chi connectivity index (χ1n) is 8.86. The van der Waals surface area contributed by atoms with Crippen molar-refractivity contribution in [3.8, 4) is 5.75 Å². The molecule has 0 saturated heterocycles. The smallest absolute Gasteiger partial charge is 0.221 e. The first kappa shape index (κ1) is 18.7. The average Bonchev–Trinajstić information content (AvgIpc) is 2.60. The van der Waals surface area contributed by atoms with E-state index in [4.69, 9.17) is 4.74 Å². The van der Waals surface area contributed by atoms with E-state index in [1.807, 2.05) is 12.1 Å². The summed E-state index contributed by atoms with van der Waals surface area (Å²) in [4.78, 5) is 23.9. The molecule has 1 heterocycles. The lowest BCUT2D eigenvalue weighted by Gasteiger charge is -2.35. The molecule has 0 spiro atoms. The van der Waals surface area contributed by atoms with Crippen molar-refractivity contribution in [3.05, 3.63) is 65.2 Å². The van der Waals surface area contributed by atoms with Crippen LogP contribution in [0.15, 0.2) is 48.5 Å². The van der Waals surface area contributed by atoms with Gasteiger partial charge in [0.05, 0.1) is 7.11 Å². The second-order valence-electron chi connectivity index (χ2n) is 7.39. The van der Waals surface area contributed by atoms with Crippen LogP contribution < -0.4 is 15.4 Å². The summed E-state index contributed by atoms with van der Waals surface area (Å²) < 4.78 is 5.34. The number of ketones is 1. The van der Waals surface area contributed by atoms with Crippen LogP contribution in [0, 0.1) is 0 Å². The SMILES string of the molecule is COc1ccc2c(c1)C(=CC(=O)c1ccc(NC(C)=O)cc1)NC(C)(C)C2. The van der Waals surface area contributed by atoms with Crippen molar-refractivity contribution in [2.24, 2.45) is 0 Å². The van der Waals surface area contributed by atoms with Crippen LogP contribution in [0.1, 0.15) is 42.3 Å². The summed E-state index contributed by atoms with van der Waals surface area (Å²) in [6, 6.07) is 12.8. The van der Waals surface area contributed by atoms with Gasteiger partial charge in [0.1, 0.15) is 5.75 Å². The molecule has 0 bridgehead atoms. The number of hydrogen-bond donors (Lipinski definition) is 2. The summed E-state index contributed by atoms with van der Waals surface area (Å²) in [5, 5.41) is 6.16. The number of fused-ring (bicyclic) bond motifs is 1. The zero-order chi connectivity index (χ0) is 19.6. The Bertz CT molecular complexity index is 912. The molecule has 0 saturated carbocycles. The molecule has 3 rings (SSSR count). The minimum absolute atomic E-state index is 0.0988. The summed E-state index contributed by atoms with van der Waals surface area (Å²) in [6.45, 7) is 5.67. The number of allylic oxidation sites excluding steroid dienone is 1. The number of anilines is 1. The highest BCUT2D eigenvalue weighted by atomic mass is 16.5. The quantitative estimate of drug-likeness (QED) is 0.640. The van der Waals surface area contributed by atoms with Crippen LogP contribution in [0.5, 0.6) is 5.75 Å². The number of nitrogens with one attached hydrogen (secondary N) is 2. The van der Waals surface area contributed by atoms with E-state index in [0.29, 0.717) is 11.3 Å². The second-order valence-corrected chi connectivity index (χ2v) is 7.39. The molecule has 2 aromatic rings. The maximum absolute atomic E-state index is 12.8. The van der Waals surface area contributed by atoms with Crippen molar-refractivity contribution in [3.63, 3.8) is 0 Å². The molecule has 5 heteroatoms. The van der Waals surface area contributed by atoms with Crippen molar-refractivity contribution in [1.29, 1.82) is 0 Å². The number of carbonyl (C=O) groups is 2. The number of hydrogen-bond acceptors (Lipinski definition) is 4. The van der Waals surface area contributed by atoms with Gasteiger partial charge in [0.2, 0.25) is 5.91 Å². The molecular weight excluding hydrogens is 340 g/mol. The van der Waals surface area contributed by atoms with Gasteiger partial charge in [-0.05, 0) is 62.2 Å². The van der Waals surface area contributed by atoms with Gasteiger partial charge in [0.15, 0.2) is 5.78 Å². The molecule has 1 aliphatic rings. The van der Waals surface area contributed by atoms with Crippen molar-refractivity contribution in [1.82, 2.24) is 5.32 Å². The Labute approximate surface area is 159 Å². The number of rotatable bonds is 4. The zero-order valence-corrected chi connectivity index (χ0v) is 16.1. The summed E-state index contributed by atoms with van der Waals surface area (Å²) >= 11 is 0. The fourth-order valence-corrected chi connectivity index (χ4v) is 3.29. The first-order valence-corrected chi connectivity index (χ1v) is 8.86. The van der Waals surface area contributed by atoms with Gasteiger partial charge in [0, 0.05) is 41.1 Å². The number of ether oxygens (including phenoxy) is 1. The molecule has 0 aromatic heterocycles. The van der Waals surface area contributed by atoms with Gasteiger partial charge in [-0.15, -0.1) is 0 Å². The van der Waals surface area contributed by atoms with Crippen LogP contribution in [0.3, 0.4) is 0 Å². The largest absolute Gasteiger partial charge is 0.497 e. The molecule has 140 valence electrons. The van der Waals surface area contributed by atoms with E-state index in [-0.39, 0.29) is 17.2 Å². The summed E-state index contributed by atoms with van der Waals surface area (Å²) in [5.41, 5.74) is 4.03. The highest BCUT2D eigenvalue weighted by Gasteiger charge is 2.28. The lowest BCUT2D eigenvalue weighted by atomic mass is 9.85. The number of carbonyl (C=O) groups excluding carboxylic acids is 2. The fourth-order valence-electron chi connectivity index (χ4n) is 3.29. The normalized spacial score (nSPS) is 16.2. The van der Waals surface area contributed by atoms with Gasteiger partial charge in [-0.3, -0.25) is 9.59 Å². The monoisotopic (exact) mass is 364 g/mol. The number of amides is 1. The van der Waals surface area contributed by atoms with Gasteiger partial charge >= 0.3 is 0 Å². The Kier molecular flexibility index (Phi) is 5.04. The van der Waals surface area contributed by atoms with E-state index < -0.39 is 0 Å². The minimum atomic E-state index is -0.150. The molecule has 5 nitrogen and oxygen atoms in total. The molecule has 2 aromatic carbocycles. The predicted molar refractivity (Wildman–Crippen MR) is 107 cm³/mol. The van der Waals surface area contributed by atoms with Gasteiger partial charge in [-0.2, -0.15) is 0 Å². The standard InChI is InChI=1S/C22H24N2O3/c1-14(25)23-17-8-5-15(6-9-17)21(26)12-20-19-11-18(27-4)10-7-16(19)13-22(2,3)24-20/h5-12,24H,13H2,1-4H3,(H,23,25). The Balaban J connectivity index is 1.93. The molecule has 0 radical (unpaired) electrons. The minimum Gasteiger partial charge on any atom is -0.497 e. The van der Waals surface area contributed by atoms with Crippen molar-refractivity contribution in [2.75, 3.05) is 12.4 Å². The first-order chi connectivity index (χ1) is 12.8. The highest BCUT2D eigenvalue weighted by molar-refractivity contribution is 6.09. The Morgan fingerprint density at radius 1 is 1.15 bits per heavy atom. The van der Waals surface area contributed by atoms with Gasteiger partial charge in [0.25, 0.3) is 0 Å². The molecular formula is C22H24N2O3. The van der Waals surface area contributed by atoms with Crippen LogP contribution in [0.4, 0.5) is 5.69 Å². The average molecular weight is 364 g/mol. The third-order valence-electron chi connectivity index (χ3n) is 4.48. The topological polar surface area (TPSA) is 67.4 Å². The van der Waals surface area contributed by atoms with Crippen molar-refractivity contribution in [2.45, 2.75) is 32.7 Å². The van der Waals surface area contributed by atoms with Crippen molar-refractivity contribution < 1.29 is 14.3 Å². The third-order valence-corrected chi connectivity index (χ3v) is 4.48. The maximum Gasteiger partial charge on any atom is 0.221 e. The van der Waals surface area contributed by atoms with E-state index in [1.165, 1.54) is 12.5 Å². The van der Waals surface area contributed by atoms with Crippen LogP contribution in [0.25, 0.3) is 5.70 Å². The molecule has 1 amide bonds. The Morgan fingerprint density at radius 3 is 2.48 bits per heavy atom. The Morgan fingerprint density at radius 2 is 1.85 bits per heavy atom. The predicted octanol–water partition coefficient (Wildman–Crippen LogP) is 3.80. The van der Waals surface area contributed by atoms with E-state index in [2.05, 4.69) is 30.5 Å². The van der Waals surface area contributed by atoms with E-state index in [9.17, 15) is 9.59 Å². The summed E-state index contributed by atoms with van der Waals surface area (Å²) in [6.07, 6.45) is 2.50. The maximum atomic E-state index is 12.8. The molecule has 0 unspecified atom stereocenters. The zero-order valence-electron chi connectivity index (χ0n) is 16.1. The number of methoxy groups -OCH3 is 1. The molecule has 2 N–H and O–H groups in total. The molecule has 27 heavy (non-hydrogen) atoms. The van der Waals surface area contributed by atoms with E-state index in [1.54, 1.807) is 37.5 Å². The lowest BCUT2D eigenvalue weighted by molar-refractivity contribution is -0.114. The summed E-state index contributed by atoms with van der Waals surface area (Å²) in [7, 11) is 1.63. The van der Waals surface area contributed by atoms with Gasteiger partial charge in [-0.25, -0.2) is 0 Å². The molecule has 1 aliphatic heterocycles. The third kappa shape index (κ3) is 4.37. The van der Waals surface area contributed by atoms with Crippen LogP contribution in [0.2, 0.25) is 0 Å². The molecule has 0 aliphatic carbocycles. The second kappa shape index (κ2) is 7.27.